The standard InChI is InChI=1S/C22H22ClNO4S/c1-14-7-8-18-15(2)21(28-20(18)11-14)22(25)24(17-9-10-29(26,27)13-17)12-16-5-3-4-6-19(16)23/h3-8,11,17H,9-10,12-13H2,1-2H3/t17-/m0/s1. The van der Waals surface area contributed by atoms with E-state index in [4.69, 9.17) is 16.0 Å². The maximum Gasteiger partial charge on any atom is 0.290 e. The molecule has 29 heavy (non-hydrogen) atoms. The van der Waals surface area contributed by atoms with Gasteiger partial charge in [0.1, 0.15) is 5.58 Å². The van der Waals surface area contributed by atoms with Gasteiger partial charge in [0.15, 0.2) is 15.6 Å². The molecule has 5 nitrogen and oxygen atoms in total. The predicted octanol–water partition coefficient (Wildman–Crippen LogP) is 4.53. The quantitative estimate of drug-likeness (QED) is 0.608. The monoisotopic (exact) mass is 431 g/mol. The van der Waals surface area contributed by atoms with Gasteiger partial charge in [-0.25, -0.2) is 8.42 Å². The van der Waals surface area contributed by atoms with Crippen LogP contribution >= 0.6 is 11.6 Å². The Morgan fingerprint density at radius 2 is 1.97 bits per heavy atom. The topological polar surface area (TPSA) is 67.6 Å². The van der Waals surface area contributed by atoms with Gasteiger partial charge in [0.05, 0.1) is 11.5 Å². The fourth-order valence-corrected chi connectivity index (χ4v) is 5.79. The van der Waals surface area contributed by atoms with Crippen molar-refractivity contribution in [1.82, 2.24) is 4.90 Å². The van der Waals surface area contributed by atoms with Crippen molar-refractivity contribution in [3.63, 3.8) is 0 Å². The average molecular weight is 432 g/mol. The Kier molecular flexibility index (Phi) is 5.17. The van der Waals surface area contributed by atoms with Gasteiger partial charge >= 0.3 is 0 Å². The number of benzene rings is 2. The van der Waals surface area contributed by atoms with Gasteiger partial charge in [-0.15, -0.1) is 0 Å². The molecule has 1 aliphatic rings. The molecular weight excluding hydrogens is 410 g/mol. The molecule has 0 unspecified atom stereocenters. The minimum Gasteiger partial charge on any atom is -0.451 e. The van der Waals surface area contributed by atoms with Crippen LogP contribution in [0.1, 0.15) is 33.7 Å². The summed E-state index contributed by atoms with van der Waals surface area (Å²) in [4.78, 5) is 15.1. The number of fused-ring (bicyclic) bond motifs is 1. The first-order valence-electron chi connectivity index (χ1n) is 9.50. The number of carbonyl (C=O) groups excluding carboxylic acids is 1. The molecule has 0 N–H and O–H groups in total. The van der Waals surface area contributed by atoms with E-state index in [9.17, 15) is 13.2 Å². The molecule has 4 rings (SSSR count). The van der Waals surface area contributed by atoms with Crippen LogP contribution in [-0.2, 0) is 16.4 Å². The van der Waals surface area contributed by atoms with Crippen LogP contribution in [0.2, 0.25) is 5.02 Å². The van der Waals surface area contributed by atoms with E-state index in [1.807, 2.05) is 50.2 Å². The highest BCUT2D eigenvalue weighted by atomic mass is 35.5. The van der Waals surface area contributed by atoms with Crippen LogP contribution in [0.4, 0.5) is 0 Å². The number of hydrogen-bond acceptors (Lipinski definition) is 4. The van der Waals surface area contributed by atoms with Crippen LogP contribution in [0.3, 0.4) is 0 Å². The third-order valence-corrected chi connectivity index (χ3v) is 7.62. The Labute approximate surface area is 175 Å². The van der Waals surface area contributed by atoms with E-state index >= 15 is 0 Å². The molecule has 2 heterocycles. The summed E-state index contributed by atoms with van der Waals surface area (Å²) in [5, 5.41) is 1.43. The molecule has 152 valence electrons. The summed E-state index contributed by atoms with van der Waals surface area (Å²) in [5.74, 6) is -0.00977. The number of hydrogen-bond donors (Lipinski definition) is 0. The molecule has 2 aromatic carbocycles. The minimum absolute atomic E-state index is 0.0401. The molecule has 1 atom stereocenters. The summed E-state index contributed by atoms with van der Waals surface area (Å²) < 4.78 is 30.1. The summed E-state index contributed by atoms with van der Waals surface area (Å²) in [5.41, 5.74) is 3.23. The molecule has 0 spiro atoms. The van der Waals surface area contributed by atoms with E-state index in [0.29, 0.717) is 17.0 Å². The van der Waals surface area contributed by atoms with Gasteiger partial charge in [-0.1, -0.05) is 41.9 Å². The van der Waals surface area contributed by atoms with Crippen molar-refractivity contribution in [3.8, 4) is 0 Å². The highest BCUT2D eigenvalue weighted by Crippen LogP contribution is 2.30. The molecule has 3 aromatic rings. The van der Waals surface area contributed by atoms with Gasteiger partial charge in [-0.2, -0.15) is 0 Å². The molecular formula is C22H22ClNO4S. The second kappa shape index (κ2) is 7.50. The zero-order valence-corrected chi connectivity index (χ0v) is 17.9. The van der Waals surface area contributed by atoms with Crippen molar-refractivity contribution >= 4 is 38.3 Å². The van der Waals surface area contributed by atoms with Crippen LogP contribution in [-0.4, -0.2) is 36.8 Å². The number of halogens is 1. The van der Waals surface area contributed by atoms with Crippen molar-refractivity contribution in [2.24, 2.45) is 0 Å². The molecule has 1 saturated heterocycles. The molecule has 1 fully saturated rings. The van der Waals surface area contributed by atoms with Crippen molar-refractivity contribution in [3.05, 3.63) is 69.9 Å². The summed E-state index contributed by atoms with van der Waals surface area (Å²) in [6.45, 7) is 4.05. The number of furan rings is 1. The van der Waals surface area contributed by atoms with E-state index in [-0.39, 0.29) is 29.7 Å². The van der Waals surface area contributed by atoms with Crippen molar-refractivity contribution in [2.45, 2.75) is 32.9 Å². The molecule has 1 amide bonds. The highest BCUT2D eigenvalue weighted by molar-refractivity contribution is 7.91. The third kappa shape index (κ3) is 3.91. The zero-order chi connectivity index (χ0) is 20.8. The number of rotatable bonds is 4. The van der Waals surface area contributed by atoms with Gasteiger partial charge in [-0.3, -0.25) is 4.79 Å². The number of sulfone groups is 1. The van der Waals surface area contributed by atoms with Gasteiger partial charge in [0.2, 0.25) is 0 Å². The number of amides is 1. The lowest BCUT2D eigenvalue weighted by Gasteiger charge is -2.28. The first kappa shape index (κ1) is 20.0. The minimum atomic E-state index is -3.16. The lowest BCUT2D eigenvalue weighted by Crippen LogP contribution is -2.40. The third-order valence-electron chi connectivity index (χ3n) is 5.50. The van der Waals surface area contributed by atoms with E-state index in [1.54, 1.807) is 11.0 Å². The first-order chi connectivity index (χ1) is 13.7. The number of carbonyl (C=O) groups is 1. The Morgan fingerprint density at radius 1 is 1.21 bits per heavy atom. The normalized spacial score (nSPS) is 18.2. The smallest absolute Gasteiger partial charge is 0.290 e. The summed E-state index contributed by atoms with van der Waals surface area (Å²) in [6, 6.07) is 12.7. The van der Waals surface area contributed by atoms with Crippen LogP contribution in [0, 0.1) is 13.8 Å². The van der Waals surface area contributed by atoms with Crippen LogP contribution < -0.4 is 0 Å². The SMILES string of the molecule is Cc1ccc2c(C)c(C(=O)N(Cc3ccccc3Cl)[C@H]3CCS(=O)(=O)C3)oc2c1. The Bertz CT molecular complexity index is 1200. The summed E-state index contributed by atoms with van der Waals surface area (Å²) in [7, 11) is -3.16. The fraction of sp³-hybridized carbons (Fsp3) is 0.318. The predicted molar refractivity (Wildman–Crippen MR) is 114 cm³/mol. The Balaban J connectivity index is 1.75. The van der Waals surface area contributed by atoms with Gasteiger partial charge in [-0.05, 0) is 43.5 Å². The zero-order valence-electron chi connectivity index (χ0n) is 16.3. The lowest BCUT2D eigenvalue weighted by molar-refractivity contribution is 0.0649. The molecule has 1 aromatic heterocycles. The maximum atomic E-state index is 13.5. The Hall–Kier alpha value is -2.31. The lowest BCUT2D eigenvalue weighted by atomic mass is 10.1. The molecule has 7 heteroatoms. The van der Waals surface area contributed by atoms with Gasteiger partial charge in [0, 0.05) is 28.6 Å². The van der Waals surface area contributed by atoms with Gasteiger partial charge < -0.3 is 9.32 Å². The molecule has 1 aliphatic heterocycles. The van der Waals surface area contributed by atoms with E-state index in [2.05, 4.69) is 0 Å². The van der Waals surface area contributed by atoms with E-state index in [0.717, 1.165) is 22.1 Å². The van der Waals surface area contributed by atoms with Gasteiger partial charge in [0.25, 0.3) is 5.91 Å². The second-order valence-corrected chi connectivity index (χ2v) is 10.3. The van der Waals surface area contributed by atoms with Crippen molar-refractivity contribution in [2.75, 3.05) is 11.5 Å². The van der Waals surface area contributed by atoms with Crippen LogP contribution in [0.15, 0.2) is 46.9 Å². The van der Waals surface area contributed by atoms with Crippen LogP contribution in [0.25, 0.3) is 11.0 Å². The summed E-state index contributed by atoms with van der Waals surface area (Å²) >= 11 is 6.32. The number of aryl methyl sites for hydroxylation is 2. The number of nitrogens with zero attached hydrogens (tertiary/aromatic N) is 1. The maximum absolute atomic E-state index is 13.5. The Morgan fingerprint density at radius 3 is 2.66 bits per heavy atom. The van der Waals surface area contributed by atoms with Crippen molar-refractivity contribution < 1.29 is 17.6 Å². The average Bonchev–Trinajstić information content (AvgIpc) is 3.19. The molecule has 0 saturated carbocycles. The second-order valence-electron chi connectivity index (χ2n) is 7.64. The molecule has 0 aliphatic carbocycles. The van der Waals surface area contributed by atoms with Crippen molar-refractivity contribution in [1.29, 1.82) is 0 Å². The van der Waals surface area contributed by atoms with E-state index < -0.39 is 15.9 Å². The molecule has 0 radical (unpaired) electrons. The first-order valence-corrected chi connectivity index (χ1v) is 11.7. The largest absolute Gasteiger partial charge is 0.451 e. The van der Waals surface area contributed by atoms with Crippen LogP contribution in [0.5, 0.6) is 0 Å². The molecule has 0 bridgehead atoms. The highest BCUT2D eigenvalue weighted by Gasteiger charge is 2.37. The van der Waals surface area contributed by atoms with E-state index in [1.165, 1.54) is 0 Å². The summed E-state index contributed by atoms with van der Waals surface area (Å²) in [6.07, 6.45) is 0.414. The fourth-order valence-electron chi connectivity index (χ4n) is 3.87.